The Hall–Kier alpha value is -2.30. The maximum atomic E-state index is 12.7. The summed E-state index contributed by atoms with van der Waals surface area (Å²) in [6, 6.07) is 7.18. The fourth-order valence-corrected chi connectivity index (χ4v) is 2.63. The van der Waals surface area contributed by atoms with Crippen LogP contribution in [0.4, 0.5) is 13.2 Å². The molecule has 138 valence electrons. The van der Waals surface area contributed by atoms with Crippen molar-refractivity contribution in [2.24, 2.45) is 5.10 Å². The molecule has 0 bridgehead atoms. The number of hydrogen-bond acceptors (Lipinski definition) is 4. The lowest BCUT2D eigenvalue weighted by molar-refractivity contribution is -0.137. The molecule has 2 N–H and O–H groups in total. The molecule has 0 radical (unpaired) electrons. The molecule has 0 saturated carbocycles. The van der Waals surface area contributed by atoms with E-state index in [-0.39, 0.29) is 17.1 Å². The standard InChI is InChI=1S/C17H14F3IN2O3/c1-2-26-14-7-10(6-13(21)15(14)24)9-22-23-16(25)11-4-3-5-12(8-11)17(18,19)20/h3-9,24H,2H2,1H3,(H,23,25)/b22-9-. The molecule has 0 atom stereocenters. The van der Waals surface area contributed by atoms with Gasteiger partial charge in [-0.25, -0.2) is 5.43 Å². The quantitative estimate of drug-likeness (QED) is 0.385. The van der Waals surface area contributed by atoms with Crippen LogP contribution in [0.15, 0.2) is 41.5 Å². The number of amides is 1. The number of hydrazone groups is 1. The number of alkyl halides is 3. The van der Waals surface area contributed by atoms with Crippen LogP contribution in [0.25, 0.3) is 0 Å². The van der Waals surface area contributed by atoms with Gasteiger partial charge in [0.2, 0.25) is 0 Å². The van der Waals surface area contributed by atoms with Gasteiger partial charge in [0.05, 0.1) is 22.0 Å². The smallest absolute Gasteiger partial charge is 0.416 e. The molecule has 2 rings (SSSR count). The average Bonchev–Trinajstić information content (AvgIpc) is 2.58. The number of rotatable bonds is 5. The number of hydrogen-bond donors (Lipinski definition) is 2. The molecular formula is C17H14F3IN2O3. The molecule has 0 saturated heterocycles. The van der Waals surface area contributed by atoms with E-state index in [2.05, 4.69) is 10.5 Å². The molecule has 0 aromatic heterocycles. The molecule has 0 heterocycles. The number of ether oxygens (including phenoxy) is 1. The minimum atomic E-state index is -4.53. The topological polar surface area (TPSA) is 70.9 Å². The zero-order valence-corrected chi connectivity index (χ0v) is 15.6. The van der Waals surface area contributed by atoms with Gasteiger partial charge < -0.3 is 9.84 Å². The van der Waals surface area contributed by atoms with Crippen LogP contribution in [0.3, 0.4) is 0 Å². The van der Waals surface area contributed by atoms with Crippen molar-refractivity contribution in [2.75, 3.05) is 6.61 Å². The van der Waals surface area contributed by atoms with Crippen molar-refractivity contribution >= 4 is 34.7 Å². The number of phenolic OH excluding ortho intramolecular Hbond substituents is 1. The van der Waals surface area contributed by atoms with Crippen LogP contribution in [0.2, 0.25) is 0 Å². The van der Waals surface area contributed by atoms with Crippen LogP contribution >= 0.6 is 22.6 Å². The van der Waals surface area contributed by atoms with Crippen LogP contribution in [-0.4, -0.2) is 23.8 Å². The first-order valence-corrected chi connectivity index (χ1v) is 8.46. The van der Waals surface area contributed by atoms with Gasteiger partial charge in [0.25, 0.3) is 5.91 Å². The normalized spacial score (nSPS) is 11.6. The fraction of sp³-hybridized carbons (Fsp3) is 0.176. The van der Waals surface area contributed by atoms with Gasteiger partial charge >= 0.3 is 6.18 Å². The maximum Gasteiger partial charge on any atom is 0.416 e. The molecule has 0 fully saturated rings. The first kappa shape index (κ1) is 20.0. The van der Waals surface area contributed by atoms with Gasteiger partial charge in [-0.15, -0.1) is 0 Å². The SMILES string of the molecule is CCOc1cc(/C=N\NC(=O)c2cccc(C(F)(F)F)c2)cc(I)c1O. The number of phenols is 1. The molecule has 26 heavy (non-hydrogen) atoms. The van der Waals surface area contributed by atoms with Crippen LogP contribution in [0.1, 0.15) is 28.4 Å². The first-order valence-electron chi connectivity index (χ1n) is 7.38. The second-order valence-electron chi connectivity index (χ2n) is 5.06. The first-order chi connectivity index (χ1) is 12.2. The maximum absolute atomic E-state index is 12.7. The van der Waals surface area contributed by atoms with Crippen molar-refractivity contribution in [1.29, 1.82) is 0 Å². The molecule has 0 unspecified atom stereocenters. The van der Waals surface area contributed by atoms with Gasteiger partial charge in [-0.1, -0.05) is 6.07 Å². The van der Waals surface area contributed by atoms with Crippen molar-refractivity contribution < 1.29 is 27.8 Å². The Morgan fingerprint density at radius 2 is 2.08 bits per heavy atom. The van der Waals surface area contributed by atoms with Crippen LogP contribution in [-0.2, 0) is 6.18 Å². The lowest BCUT2D eigenvalue weighted by Crippen LogP contribution is -2.18. The highest BCUT2D eigenvalue weighted by Gasteiger charge is 2.30. The Morgan fingerprint density at radius 1 is 1.35 bits per heavy atom. The Kier molecular flexibility index (Phi) is 6.46. The van der Waals surface area contributed by atoms with E-state index in [0.29, 0.717) is 15.7 Å². The Labute approximate surface area is 161 Å². The lowest BCUT2D eigenvalue weighted by atomic mass is 10.1. The summed E-state index contributed by atoms with van der Waals surface area (Å²) >= 11 is 1.92. The van der Waals surface area contributed by atoms with Crippen LogP contribution in [0.5, 0.6) is 11.5 Å². The third-order valence-electron chi connectivity index (χ3n) is 3.18. The fourth-order valence-electron chi connectivity index (χ4n) is 2.00. The summed E-state index contributed by atoms with van der Waals surface area (Å²) in [5.41, 5.74) is 1.64. The average molecular weight is 478 g/mol. The third-order valence-corrected chi connectivity index (χ3v) is 4.00. The van der Waals surface area contributed by atoms with Gasteiger partial charge in [0.1, 0.15) is 0 Å². The summed E-state index contributed by atoms with van der Waals surface area (Å²) in [7, 11) is 0. The monoisotopic (exact) mass is 478 g/mol. The van der Waals surface area contributed by atoms with Crippen molar-refractivity contribution in [2.45, 2.75) is 13.1 Å². The minimum absolute atomic E-state index is 0.00222. The van der Waals surface area contributed by atoms with Gasteiger partial charge in [-0.05, 0) is 65.4 Å². The number of nitrogens with zero attached hydrogens (tertiary/aromatic N) is 1. The molecule has 0 aliphatic rings. The van der Waals surface area contributed by atoms with E-state index in [1.807, 2.05) is 22.6 Å². The van der Waals surface area contributed by atoms with Crippen LogP contribution in [0, 0.1) is 3.57 Å². The zero-order valence-electron chi connectivity index (χ0n) is 13.5. The summed E-state index contributed by atoms with van der Waals surface area (Å²) in [5, 5.41) is 13.6. The summed E-state index contributed by atoms with van der Waals surface area (Å²) < 4.78 is 43.9. The number of halogens is 4. The van der Waals surface area contributed by atoms with Crippen LogP contribution < -0.4 is 10.2 Å². The highest BCUT2D eigenvalue weighted by Crippen LogP contribution is 2.32. The summed E-state index contributed by atoms with van der Waals surface area (Å²) in [4.78, 5) is 11.9. The van der Waals surface area contributed by atoms with E-state index in [4.69, 9.17) is 4.74 Å². The zero-order chi connectivity index (χ0) is 19.3. The third kappa shape index (κ3) is 5.10. The number of carbonyl (C=O) groups is 1. The van der Waals surface area contributed by atoms with Gasteiger partial charge in [0, 0.05) is 5.56 Å². The Morgan fingerprint density at radius 3 is 2.73 bits per heavy atom. The number of nitrogens with one attached hydrogen (secondary N) is 1. The van der Waals surface area contributed by atoms with Gasteiger partial charge in [-0.2, -0.15) is 18.3 Å². The summed E-state index contributed by atoms with van der Waals surface area (Å²) in [6.45, 7) is 2.12. The Bertz CT molecular complexity index is 838. The molecule has 0 spiro atoms. The number of benzene rings is 2. The van der Waals surface area contributed by atoms with Crippen molar-refractivity contribution in [3.8, 4) is 11.5 Å². The predicted octanol–water partition coefficient (Wildman–Crippen LogP) is 4.18. The molecule has 2 aromatic carbocycles. The highest BCUT2D eigenvalue weighted by atomic mass is 127. The highest BCUT2D eigenvalue weighted by molar-refractivity contribution is 14.1. The minimum Gasteiger partial charge on any atom is -0.504 e. The van der Waals surface area contributed by atoms with Crippen molar-refractivity contribution in [3.05, 3.63) is 56.7 Å². The largest absolute Gasteiger partial charge is 0.504 e. The second kappa shape index (κ2) is 8.39. The van der Waals surface area contributed by atoms with Gasteiger partial charge in [-0.3, -0.25) is 4.79 Å². The molecule has 5 nitrogen and oxygen atoms in total. The van der Waals surface area contributed by atoms with E-state index >= 15 is 0 Å². The number of aromatic hydroxyl groups is 1. The lowest BCUT2D eigenvalue weighted by Gasteiger charge is -2.09. The molecule has 0 aliphatic heterocycles. The summed E-state index contributed by atoms with van der Waals surface area (Å²) in [6.07, 6.45) is -3.23. The molecular weight excluding hydrogens is 464 g/mol. The second-order valence-corrected chi connectivity index (χ2v) is 6.22. The van der Waals surface area contributed by atoms with E-state index in [1.165, 1.54) is 18.3 Å². The van der Waals surface area contributed by atoms with Crippen molar-refractivity contribution in [1.82, 2.24) is 5.43 Å². The molecule has 9 heteroatoms. The number of carbonyl (C=O) groups excluding carboxylic acids is 1. The molecule has 0 aliphatic carbocycles. The molecule has 1 amide bonds. The van der Waals surface area contributed by atoms with E-state index in [0.717, 1.165) is 18.2 Å². The molecule has 2 aromatic rings. The van der Waals surface area contributed by atoms with E-state index in [1.54, 1.807) is 13.0 Å². The summed E-state index contributed by atoms with van der Waals surface area (Å²) in [5.74, 6) is -0.506. The van der Waals surface area contributed by atoms with Crippen molar-refractivity contribution in [3.63, 3.8) is 0 Å². The predicted molar refractivity (Wildman–Crippen MR) is 98.5 cm³/mol. The van der Waals surface area contributed by atoms with E-state index < -0.39 is 17.6 Å². The van der Waals surface area contributed by atoms with Gasteiger partial charge in [0.15, 0.2) is 11.5 Å². The van der Waals surface area contributed by atoms with E-state index in [9.17, 15) is 23.1 Å². The Balaban J connectivity index is 2.12.